The third-order valence-corrected chi connectivity index (χ3v) is 2.87. The van der Waals surface area contributed by atoms with Gasteiger partial charge < -0.3 is 15.1 Å². The predicted octanol–water partition coefficient (Wildman–Crippen LogP) is 1.60. The minimum Gasteiger partial charge on any atom is -0.395 e. The zero-order valence-electron chi connectivity index (χ0n) is 10.8. The molecule has 0 heterocycles. The Morgan fingerprint density at radius 1 is 1.24 bits per heavy atom. The van der Waals surface area contributed by atoms with Gasteiger partial charge in [0.15, 0.2) is 0 Å². The summed E-state index contributed by atoms with van der Waals surface area (Å²) in [5.41, 5.74) is 2.25. The second-order valence-electron chi connectivity index (χ2n) is 4.49. The maximum Gasteiger partial charge on any atom is 0.0916 e. The molecule has 96 valence electrons. The minimum atomic E-state index is -0.484. The molecule has 17 heavy (non-hydrogen) atoms. The predicted molar refractivity (Wildman–Crippen MR) is 70.0 cm³/mol. The summed E-state index contributed by atoms with van der Waals surface area (Å²) in [6.45, 7) is 3.42. The SMILES string of the molecule is CCCc1ccc(C(O)CN(C)CCO)cc1. The molecule has 0 fully saturated rings. The molecule has 2 N–H and O–H groups in total. The van der Waals surface area contributed by atoms with Crippen molar-refractivity contribution >= 4 is 0 Å². The lowest BCUT2D eigenvalue weighted by Crippen LogP contribution is -2.27. The Kier molecular flexibility index (Phi) is 6.19. The molecule has 1 atom stereocenters. The van der Waals surface area contributed by atoms with Crippen LogP contribution in [-0.2, 0) is 6.42 Å². The highest BCUT2D eigenvalue weighted by Crippen LogP contribution is 2.15. The lowest BCUT2D eigenvalue weighted by molar-refractivity contribution is 0.115. The minimum absolute atomic E-state index is 0.124. The van der Waals surface area contributed by atoms with Gasteiger partial charge >= 0.3 is 0 Å². The second kappa shape index (κ2) is 7.43. The van der Waals surface area contributed by atoms with E-state index in [1.807, 2.05) is 24.1 Å². The second-order valence-corrected chi connectivity index (χ2v) is 4.49. The first-order chi connectivity index (χ1) is 8.17. The highest BCUT2D eigenvalue weighted by atomic mass is 16.3. The van der Waals surface area contributed by atoms with E-state index in [0.717, 1.165) is 18.4 Å². The first-order valence-corrected chi connectivity index (χ1v) is 6.23. The lowest BCUT2D eigenvalue weighted by atomic mass is 10.0. The fourth-order valence-electron chi connectivity index (χ4n) is 1.86. The molecular weight excluding hydrogens is 214 g/mol. The van der Waals surface area contributed by atoms with E-state index in [1.165, 1.54) is 5.56 Å². The Labute approximate surface area is 104 Å². The smallest absolute Gasteiger partial charge is 0.0916 e. The summed E-state index contributed by atoms with van der Waals surface area (Å²) in [5.74, 6) is 0. The summed E-state index contributed by atoms with van der Waals surface area (Å²) in [4.78, 5) is 1.92. The quantitative estimate of drug-likeness (QED) is 0.757. The van der Waals surface area contributed by atoms with Crippen molar-refractivity contribution in [1.82, 2.24) is 4.90 Å². The molecule has 0 saturated heterocycles. The fourth-order valence-corrected chi connectivity index (χ4v) is 1.86. The van der Waals surface area contributed by atoms with Crippen LogP contribution in [0.5, 0.6) is 0 Å². The number of rotatable bonds is 7. The van der Waals surface area contributed by atoms with Crippen molar-refractivity contribution in [3.63, 3.8) is 0 Å². The molecule has 3 nitrogen and oxygen atoms in total. The molecule has 1 aromatic carbocycles. The molecule has 0 saturated carbocycles. The largest absolute Gasteiger partial charge is 0.395 e. The fraction of sp³-hybridized carbons (Fsp3) is 0.571. The molecule has 0 aliphatic rings. The lowest BCUT2D eigenvalue weighted by Gasteiger charge is -2.19. The van der Waals surface area contributed by atoms with Crippen LogP contribution in [0.1, 0.15) is 30.6 Å². The maximum absolute atomic E-state index is 10.0. The van der Waals surface area contributed by atoms with Crippen molar-refractivity contribution in [2.24, 2.45) is 0 Å². The summed E-state index contributed by atoms with van der Waals surface area (Å²) in [6.07, 6.45) is 1.74. The maximum atomic E-state index is 10.0. The molecule has 1 rings (SSSR count). The van der Waals surface area contributed by atoms with Crippen LogP contribution in [0.2, 0.25) is 0 Å². The molecular formula is C14H23NO2. The van der Waals surface area contributed by atoms with Crippen LogP contribution in [0, 0.1) is 0 Å². The summed E-state index contributed by atoms with van der Waals surface area (Å²) >= 11 is 0. The van der Waals surface area contributed by atoms with E-state index in [4.69, 9.17) is 5.11 Å². The normalized spacial score (nSPS) is 13.0. The van der Waals surface area contributed by atoms with Gasteiger partial charge in [0.2, 0.25) is 0 Å². The van der Waals surface area contributed by atoms with E-state index in [1.54, 1.807) is 0 Å². The van der Waals surface area contributed by atoms with Crippen molar-refractivity contribution in [3.05, 3.63) is 35.4 Å². The molecule has 0 aromatic heterocycles. The first kappa shape index (κ1) is 14.2. The van der Waals surface area contributed by atoms with Gasteiger partial charge in [-0.3, -0.25) is 0 Å². The van der Waals surface area contributed by atoms with Crippen LogP contribution in [0.4, 0.5) is 0 Å². The third-order valence-electron chi connectivity index (χ3n) is 2.87. The number of hydrogen-bond acceptors (Lipinski definition) is 3. The van der Waals surface area contributed by atoms with Gasteiger partial charge in [0, 0.05) is 13.1 Å². The van der Waals surface area contributed by atoms with Crippen molar-refractivity contribution in [3.8, 4) is 0 Å². The van der Waals surface area contributed by atoms with Crippen molar-refractivity contribution in [2.45, 2.75) is 25.9 Å². The van der Waals surface area contributed by atoms with Crippen LogP contribution in [0.3, 0.4) is 0 Å². The Hall–Kier alpha value is -0.900. The van der Waals surface area contributed by atoms with Gasteiger partial charge in [-0.05, 0) is 24.6 Å². The van der Waals surface area contributed by atoms with E-state index in [0.29, 0.717) is 13.1 Å². The summed E-state index contributed by atoms with van der Waals surface area (Å²) in [6, 6.07) is 8.13. The van der Waals surface area contributed by atoms with Gasteiger partial charge in [0.1, 0.15) is 0 Å². The summed E-state index contributed by atoms with van der Waals surface area (Å²) < 4.78 is 0. The molecule has 0 aliphatic heterocycles. The Bertz CT molecular complexity index is 311. The van der Waals surface area contributed by atoms with E-state index in [-0.39, 0.29) is 6.61 Å². The van der Waals surface area contributed by atoms with Crippen LogP contribution >= 0.6 is 0 Å². The van der Waals surface area contributed by atoms with E-state index in [2.05, 4.69) is 19.1 Å². The van der Waals surface area contributed by atoms with Crippen molar-refractivity contribution < 1.29 is 10.2 Å². The average Bonchev–Trinajstić information content (AvgIpc) is 2.30. The number of nitrogens with zero attached hydrogens (tertiary/aromatic N) is 1. The Morgan fingerprint density at radius 2 is 1.88 bits per heavy atom. The number of aliphatic hydroxyl groups is 2. The standard InChI is InChI=1S/C14H23NO2/c1-3-4-12-5-7-13(8-6-12)14(17)11-15(2)9-10-16/h5-8,14,16-17H,3-4,9-11H2,1-2H3. The summed E-state index contributed by atoms with van der Waals surface area (Å²) in [5, 5.41) is 18.8. The number of hydrogen-bond donors (Lipinski definition) is 2. The van der Waals surface area contributed by atoms with Crippen LogP contribution in [0.15, 0.2) is 24.3 Å². The Balaban J connectivity index is 2.53. The highest BCUT2D eigenvalue weighted by Gasteiger charge is 2.10. The number of benzene rings is 1. The van der Waals surface area contributed by atoms with Gasteiger partial charge in [-0.15, -0.1) is 0 Å². The van der Waals surface area contributed by atoms with Crippen LogP contribution in [0.25, 0.3) is 0 Å². The van der Waals surface area contributed by atoms with Gasteiger partial charge in [-0.2, -0.15) is 0 Å². The van der Waals surface area contributed by atoms with E-state index in [9.17, 15) is 5.11 Å². The molecule has 0 bridgehead atoms. The summed E-state index contributed by atoms with van der Waals surface area (Å²) in [7, 11) is 1.89. The molecule has 3 heteroatoms. The molecule has 0 spiro atoms. The zero-order valence-corrected chi connectivity index (χ0v) is 10.8. The molecule has 0 aliphatic carbocycles. The number of likely N-dealkylation sites (N-methyl/N-ethyl adjacent to an activating group) is 1. The zero-order chi connectivity index (χ0) is 12.7. The van der Waals surface area contributed by atoms with Gasteiger partial charge in [0.05, 0.1) is 12.7 Å². The van der Waals surface area contributed by atoms with E-state index >= 15 is 0 Å². The van der Waals surface area contributed by atoms with E-state index < -0.39 is 6.10 Å². The monoisotopic (exact) mass is 237 g/mol. The molecule has 0 radical (unpaired) electrons. The molecule has 0 amide bonds. The first-order valence-electron chi connectivity index (χ1n) is 6.23. The highest BCUT2D eigenvalue weighted by molar-refractivity contribution is 5.24. The van der Waals surface area contributed by atoms with Crippen molar-refractivity contribution in [1.29, 1.82) is 0 Å². The van der Waals surface area contributed by atoms with Crippen LogP contribution in [-0.4, -0.2) is 41.9 Å². The Morgan fingerprint density at radius 3 is 2.41 bits per heavy atom. The van der Waals surface area contributed by atoms with Crippen molar-refractivity contribution in [2.75, 3.05) is 26.7 Å². The van der Waals surface area contributed by atoms with Crippen LogP contribution < -0.4 is 0 Å². The average molecular weight is 237 g/mol. The molecule has 1 aromatic rings. The van der Waals surface area contributed by atoms with Gasteiger partial charge in [-0.25, -0.2) is 0 Å². The number of aryl methyl sites for hydroxylation is 1. The van der Waals surface area contributed by atoms with Gasteiger partial charge in [-0.1, -0.05) is 37.6 Å². The van der Waals surface area contributed by atoms with Gasteiger partial charge in [0.25, 0.3) is 0 Å². The third kappa shape index (κ3) is 4.86. The molecule has 1 unspecified atom stereocenters. The topological polar surface area (TPSA) is 43.7 Å². The number of aliphatic hydroxyl groups excluding tert-OH is 2.